The number of carbonyl (C=O) groups is 1. The highest BCUT2D eigenvalue weighted by atomic mass is 19.3. The number of benzene rings is 1. The van der Waals surface area contributed by atoms with E-state index in [1.54, 1.807) is 0 Å². The van der Waals surface area contributed by atoms with Crippen LogP contribution in [-0.4, -0.2) is 30.3 Å². The quantitative estimate of drug-likeness (QED) is 0.810. The van der Waals surface area contributed by atoms with Crippen LogP contribution >= 0.6 is 0 Å². The second-order valence-electron chi connectivity index (χ2n) is 4.11. The van der Waals surface area contributed by atoms with Crippen LogP contribution in [0.3, 0.4) is 0 Å². The molecule has 0 heterocycles. The maximum atomic E-state index is 13.0. The van der Waals surface area contributed by atoms with Crippen molar-refractivity contribution in [3.05, 3.63) is 29.6 Å². The van der Waals surface area contributed by atoms with Gasteiger partial charge < -0.3 is 15.2 Å². The zero-order valence-electron chi connectivity index (χ0n) is 10.9. The predicted molar refractivity (Wildman–Crippen MR) is 66.3 cm³/mol. The van der Waals surface area contributed by atoms with Gasteiger partial charge in [0.05, 0.1) is 5.56 Å². The fraction of sp³-hybridized carbons (Fsp3) is 0.462. The zero-order chi connectivity index (χ0) is 15.1. The van der Waals surface area contributed by atoms with E-state index in [0.29, 0.717) is 12.8 Å². The van der Waals surface area contributed by atoms with Crippen molar-refractivity contribution in [2.45, 2.75) is 32.4 Å². The Kier molecular flexibility index (Phi) is 6.30. The van der Waals surface area contributed by atoms with Crippen LogP contribution in [0.15, 0.2) is 18.2 Å². The highest BCUT2D eigenvalue weighted by Crippen LogP contribution is 2.22. The summed E-state index contributed by atoms with van der Waals surface area (Å²) in [6.07, 6.45) is 0.910. The molecule has 1 amide bonds. The van der Waals surface area contributed by atoms with Crippen molar-refractivity contribution in [2.24, 2.45) is 0 Å². The summed E-state index contributed by atoms with van der Waals surface area (Å²) < 4.78 is 41.6. The van der Waals surface area contributed by atoms with Crippen LogP contribution in [0.1, 0.15) is 30.1 Å². The first-order valence-electron chi connectivity index (χ1n) is 6.14. The highest BCUT2D eigenvalue weighted by molar-refractivity contribution is 5.97. The molecule has 1 aromatic rings. The number of rotatable bonds is 7. The Labute approximate surface area is 114 Å². The monoisotopic (exact) mass is 291 g/mol. The molecule has 0 spiro atoms. The average molecular weight is 291 g/mol. The molecule has 0 fully saturated rings. The zero-order valence-corrected chi connectivity index (χ0v) is 10.9. The molecule has 20 heavy (non-hydrogen) atoms. The molecule has 4 nitrogen and oxygen atoms in total. The van der Waals surface area contributed by atoms with Gasteiger partial charge in [0.1, 0.15) is 11.6 Å². The lowest BCUT2D eigenvalue weighted by atomic mass is 10.1. The summed E-state index contributed by atoms with van der Waals surface area (Å²) in [5.41, 5.74) is -0.178. The largest absolute Gasteiger partial charge is 0.434 e. The predicted octanol–water partition coefficient (Wildman–Crippen LogP) is 2.32. The Morgan fingerprint density at radius 1 is 1.45 bits per heavy atom. The minimum Gasteiger partial charge on any atom is -0.434 e. The summed E-state index contributed by atoms with van der Waals surface area (Å²) in [6.45, 7) is -1.45. The number of hydrogen-bond acceptors (Lipinski definition) is 3. The summed E-state index contributed by atoms with van der Waals surface area (Å²) in [6, 6.07) is 2.50. The van der Waals surface area contributed by atoms with Crippen molar-refractivity contribution in [3.8, 4) is 5.75 Å². The van der Waals surface area contributed by atoms with Crippen molar-refractivity contribution in [1.82, 2.24) is 5.32 Å². The summed E-state index contributed by atoms with van der Waals surface area (Å²) >= 11 is 0. The molecule has 2 N–H and O–H groups in total. The van der Waals surface area contributed by atoms with Gasteiger partial charge in [0.2, 0.25) is 0 Å². The molecule has 1 rings (SSSR count). The standard InChI is InChI=1S/C13H16F3NO3/c1-2-9(5-6-18)17-12(19)10-4-3-8(14)7-11(10)20-13(15)16/h3-4,7,9,13,18H,2,5-6H2,1H3,(H,17,19). The third kappa shape index (κ3) is 4.73. The van der Waals surface area contributed by atoms with Crippen molar-refractivity contribution in [1.29, 1.82) is 0 Å². The molecule has 0 saturated carbocycles. The van der Waals surface area contributed by atoms with Crippen LogP contribution < -0.4 is 10.1 Å². The van der Waals surface area contributed by atoms with E-state index < -0.39 is 24.1 Å². The van der Waals surface area contributed by atoms with E-state index in [2.05, 4.69) is 10.1 Å². The SMILES string of the molecule is CCC(CCO)NC(=O)c1ccc(F)cc1OC(F)F. The van der Waals surface area contributed by atoms with Crippen molar-refractivity contribution >= 4 is 5.91 Å². The van der Waals surface area contributed by atoms with Crippen molar-refractivity contribution in [2.75, 3.05) is 6.61 Å². The fourth-order valence-electron chi connectivity index (χ4n) is 1.67. The first kappa shape index (κ1) is 16.3. The van der Waals surface area contributed by atoms with E-state index in [9.17, 15) is 18.0 Å². The van der Waals surface area contributed by atoms with Crippen LogP contribution in [0.2, 0.25) is 0 Å². The molecule has 0 saturated heterocycles. The first-order valence-corrected chi connectivity index (χ1v) is 6.14. The summed E-state index contributed by atoms with van der Waals surface area (Å²) in [7, 11) is 0. The van der Waals surface area contributed by atoms with E-state index in [-0.39, 0.29) is 18.2 Å². The molecule has 7 heteroatoms. The molecule has 1 unspecified atom stereocenters. The van der Waals surface area contributed by atoms with Crippen LogP contribution in [0, 0.1) is 5.82 Å². The van der Waals surface area contributed by atoms with Gasteiger partial charge in [-0.15, -0.1) is 0 Å². The molecule has 0 aromatic heterocycles. The summed E-state index contributed by atoms with van der Waals surface area (Å²) in [4.78, 5) is 12.0. The number of alkyl halides is 2. The van der Waals surface area contributed by atoms with Crippen LogP contribution in [0.4, 0.5) is 13.2 Å². The van der Waals surface area contributed by atoms with E-state index in [4.69, 9.17) is 5.11 Å². The van der Waals surface area contributed by atoms with Gasteiger partial charge in [0.15, 0.2) is 0 Å². The Hall–Kier alpha value is -1.76. The number of aliphatic hydroxyl groups excluding tert-OH is 1. The highest BCUT2D eigenvalue weighted by Gasteiger charge is 2.19. The Balaban J connectivity index is 2.91. The third-order valence-corrected chi connectivity index (χ3v) is 2.71. The normalized spacial score (nSPS) is 12.3. The second kappa shape index (κ2) is 7.74. The lowest BCUT2D eigenvalue weighted by Crippen LogP contribution is -2.35. The second-order valence-corrected chi connectivity index (χ2v) is 4.11. The molecular weight excluding hydrogens is 275 g/mol. The van der Waals surface area contributed by atoms with Crippen molar-refractivity contribution < 1.29 is 27.8 Å². The van der Waals surface area contributed by atoms with Gasteiger partial charge in [-0.1, -0.05) is 6.92 Å². The fourth-order valence-corrected chi connectivity index (χ4v) is 1.67. The van der Waals surface area contributed by atoms with Crippen LogP contribution in [0.25, 0.3) is 0 Å². The van der Waals surface area contributed by atoms with Gasteiger partial charge in [0, 0.05) is 18.7 Å². The Morgan fingerprint density at radius 3 is 2.70 bits per heavy atom. The summed E-state index contributed by atoms with van der Waals surface area (Å²) in [5, 5.41) is 11.4. The van der Waals surface area contributed by atoms with Crippen LogP contribution in [0.5, 0.6) is 5.75 Å². The number of amides is 1. The van der Waals surface area contributed by atoms with E-state index in [0.717, 1.165) is 18.2 Å². The van der Waals surface area contributed by atoms with Gasteiger partial charge in [-0.25, -0.2) is 4.39 Å². The van der Waals surface area contributed by atoms with Crippen molar-refractivity contribution in [3.63, 3.8) is 0 Å². The smallest absolute Gasteiger partial charge is 0.387 e. The molecule has 1 atom stereocenters. The van der Waals surface area contributed by atoms with E-state index in [1.165, 1.54) is 0 Å². The van der Waals surface area contributed by atoms with Gasteiger partial charge in [0.25, 0.3) is 5.91 Å². The molecule has 0 aliphatic carbocycles. The number of halogens is 3. The number of ether oxygens (including phenoxy) is 1. The Morgan fingerprint density at radius 2 is 2.15 bits per heavy atom. The number of carbonyl (C=O) groups excluding carboxylic acids is 1. The first-order chi connectivity index (χ1) is 9.47. The molecule has 0 aliphatic heterocycles. The van der Waals surface area contributed by atoms with E-state index >= 15 is 0 Å². The van der Waals surface area contributed by atoms with Gasteiger partial charge in [-0.3, -0.25) is 4.79 Å². The average Bonchev–Trinajstić information content (AvgIpc) is 2.37. The maximum Gasteiger partial charge on any atom is 0.387 e. The minimum atomic E-state index is -3.15. The molecule has 0 aliphatic rings. The molecule has 112 valence electrons. The Bertz CT molecular complexity index is 454. The number of hydrogen-bond donors (Lipinski definition) is 2. The number of aliphatic hydroxyl groups is 1. The maximum absolute atomic E-state index is 13.0. The van der Waals surface area contributed by atoms with Gasteiger partial charge >= 0.3 is 6.61 Å². The van der Waals surface area contributed by atoms with Gasteiger partial charge in [-0.2, -0.15) is 8.78 Å². The lowest BCUT2D eigenvalue weighted by Gasteiger charge is -2.17. The number of nitrogens with one attached hydrogen (secondary N) is 1. The van der Waals surface area contributed by atoms with Crippen LogP contribution in [-0.2, 0) is 0 Å². The van der Waals surface area contributed by atoms with E-state index in [1.807, 2.05) is 6.92 Å². The molecule has 0 bridgehead atoms. The lowest BCUT2D eigenvalue weighted by molar-refractivity contribution is -0.0503. The third-order valence-electron chi connectivity index (χ3n) is 2.71. The topological polar surface area (TPSA) is 58.6 Å². The minimum absolute atomic E-state index is 0.109. The van der Waals surface area contributed by atoms with Gasteiger partial charge in [-0.05, 0) is 25.0 Å². The molecular formula is C13H16F3NO3. The molecule has 1 aromatic carbocycles. The summed E-state index contributed by atoms with van der Waals surface area (Å²) in [5.74, 6) is -1.95. The molecule has 0 radical (unpaired) electrons.